The van der Waals surface area contributed by atoms with E-state index in [4.69, 9.17) is 0 Å². The Morgan fingerprint density at radius 2 is 1.75 bits per heavy atom. The summed E-state index contributed by atoms with van der Waals surface area (Å²) in [5, 5.41) is 0. The van der Waals surface area contributed by atoms with Gasteiger partial charge in [-0.15, -0.1) is 12.6 Å². The minimum atomic E-state index is 0. The number of aryl methyl sites for hydroxylation is 3. The van der Waals surface area contributed by atoms with Crippen LogP contribution in [0.2, 0.25) is 0 Å². The molecular formula is C19H20Br2N2S. The van der Waals surface area contributed by atoms with Crippen molar-refractivity contribution >= 4 is 28.6 Å². The van der Waals surface area contributed by atoms with E-state index in [1.807, 2.05) is 12.1 Å². The average Bonchev–Trinajstić information content (AvgIpc) is 2.94. The molecule has 3 aromatic rings. The summed E-state index contributed by atoms with van der Waals surface area (Å²) < 4.78 is 5.36. The van der Waals surface area contributed by atoms with Gasteiger partial charge in [0.05, 0.1) is 4.90 Å². The molecule has 0 N–H and O–H groups in total. The Balaban J connectivity index is 0.00000208. The number of aromatic nitrogens is 2. The fourth-order valence-electron chi connectivity index (χ4n) is 2.98. The van der Waals surface area contributed by atoms with Crippen molar-refractivity contribution in [1.29, 1.82) is 0 Å². The maximum atomic E-state index is 4.56. The molecule has 126 valence electrons. The molecular weight excluding hydrogens is 448 g/mol. The Labute approximate surface area is 167 Å². The van der Waals surface area contributed by atoms with Gasteiger partial charge in [-0.2, -0.15) is 0 Å². The molecule has 0 amide bonds. The van der Waals surface area contributed by atoms with Crippen LogP contribution in [0.4, 0.5) is 0 Å². The number of nitrogens with zero attached hydrogens (tertiary/aromatic N) is 2. The maximum absolute atomic E-state index is 4.56. The van der Waals surface area contributed by atoms with Gasteiger partial charge in [0.25, 0.3) is 0 Å². The number of rotatable bonds is 3. The number of halogens is 2. The summed E-state index contributed by atoms with van der Waals surface area (Å²) in [5.74, 6) is 0. The molecule has 0 saturated heterocycles. The molecule has 0 saturated carbocycles. The smallest absolute Gasteiger partial charge is 0.249 e. The fourth-order valence-corrected chi connectivity index (χ4v) is 3.58. The zero-order chi connectivity index (χ0) is 16.6. The lowest BCUT2D eigenvalue weighted by atomic mass is 10.00. The van der Waals surface area contributed by atoms with Gasteiger partial charge in [0.15, 0.2) is 0 Å². The molecule has 3 rings (SSSR count). The first-order valence-electron chi connectivity index (χ1n) is 7.56. The molecule has 0 atom stereocenters. The van der Waals surface area contributed by atoms with Crippen molar-refractivity contribution in [3.8, 4) is 5.69 Å². The van der Waals surface area contributed by atoms with Gasteiger partial charge in [0.1, 0.15) is 24.6 Å². The summed E-state index contributed by atoms with van der Waals surface area (Å²) in [7, 11) is 0. The van der Waals surface area contributed by atoms with E-state index in [-0.39, 0.29) is 17.0 Å². The Kier molecular flexibility index (Phi) is 6.34. The van der Waals surface area contributed by atoms with Gasteiger partial charge in [0.2, 0.25) is 6.33 Å². The van der Waals surface area contributed by atoms with Crippen molar-refractivity contribution in [1.82, 2.24) is 4.57 Å². The molecule has 24 heavy (non-hydrogen) atoms. The van der Waals surface area contributed by atoms with E-state index in [1.165, 1.54) is 22.3 Å². The first-order chi connectivity index (χ1) is 10.9. The second kappa shape index (κ2) is 7.89. The van der Waals surface area contributed by atoms with Crippen molar-refractivity contribution in [2.45, 2.75) is 32.2 Å². The van der Waals surface area contributed by atoms with Gasteiger partial charge in [0, 0.05) is 10.5 Å². The highest BCUT2D eigenvalue weighted by molar-refractivity contribution is 9.10. The molecule has 0 radical (unpaired) electrons. The molecule has 0 spiro atoms. The predicted octanol–water partition coefficient (Wildman–Crippen LogP) is 1.79. The van der Waals surface area contributed by atoms with Crippen LogP contribution in [0.5, 0.6) is 0 Å². The first-order valence-corrected chi connectivity index (χ1v) is 8.81. The van der Waals surface area contributed by atoms with Gasteiger partial charge < -0.3 is 17.0 Å². The van der Waals surface area contributed by atoms with Crippen LogP contribution < -0.4 is 21.5 Å². The number of imidazole rings is 1. The maximum Gasteiger partial charge on any atom is 0.249 e. The lowest BCUT2D eigenvalue weighted by molar-refractivity contribution is -0.687. The standard InChI is InChI=1S/C19H19BrN2S.BrH/c1-13-8-14(2)17(15(3)9-13)11-21-6-7-22(12-21)18-10-16(20)4-5-19(18)23;/h4-10,12H,11H2,1-3H3;1H. The topological polar surface area (TPSA) is 8.81 Å². The normalized spacial score (nSPS) is 10.5. The summed E-state index contributed by atoms with van der Waals surface area (Å²) in [6.45, 7) is 7.40. The monoisotopic (exact) mass is 466 g/mol. The number of benzene rings is 2. The highest BCUT2D eigenvalue weighted by Gasteiger charge is 2.13. The second-order valence-corrected chi connectivity index (χ2v) is 7.40. The molecule has 1 heterocycles. The zero-order valence-corrected chi connectivity index (χ0v) is 18.0. The number of hydrogen-bond donors (Lipinski definition) is 1. The van der Waals surface area contributed by atoms with Gasteiger partial charge in [-0.1, -0.05) is 33.6 Å². The van der Waals surface area contributed by atoms with Gasteiger partial charge in [-0.05, 0) is 49.6 Å². The molecule has 2 nitrogen and oxygen atoms in total. The highest BCUT2D eigenvalue weighted by atomic mass is 79.9. The quantitative estimate of drug-likeness (QED) is 0.444. The first kappa shape index (κ1) is 19.3. The van der Waals surface area contributed by atoms with Crippen molar-refractivity contribution < 1.29 is 21.5 Å². The van der Waals surface area contributed by atoms with E-state index < -0.39 is 0 Å². The molecule has 2 aromatic carbocycles. The molecule has 5 heteroatoms. The fraction of sp³-hybridized carbons (Fsp3) is 0.211. The van der Waals surface area contributed by atoms with Crippen LogP contribution >= 0.6 is 28.6 Å². The van der Waals surface area contributed by atoms with E-state index in [9.17, 15) is 0 Å². The van der Waals surface area contributed by atoms with Crippen molar-refractivity contribution in [3.63, 3.8) is 0 Å². The van der Waals surface area contributed by atoms with E-state index in [0.29, 0.717) is 0 Å². The minimum Gasteiger partial charge on any atom is -1.00 e. The van der Waals surface area contributed by atoms with Crippen molar-refractivity contribution in [3.05, 3.63) is 75.8 Å². The molecule has 0 bridgehead atoms. The lowest BCUT2D eigenvalue weighted by Crippen LogP contribution is -3.00. The average molecular weight is 468 g/mol. The Morgan fingerprint density at radius 3 is 2.42 bits per heavy atom. The molecule has 0 aliphatic rings. The summed E-state index contributed by atoms with van der Waals surface area (Å²) >= 11 is 8.08. The van der Waals surface area contributed by atoms with Gasteiger partial charge in [-0.25, -0.2) is 9.13 Å². The van der Waals surface area contributed by atoms with Crippen LogP contribution in [0.1, 0.15) is 22.3 Å². The largest absolute Gasteiger partial charge is 1.00 e. The summed E-state index contributed by atoms with van der Waals surface area (Å²) in [6, 6.07) is 10.6. The second-order valence-electron chi connectivity index (χ2n) is 6.00. The number of thiol groups is 1. The van der Waals surface area contributed by atoms with Crippen LogP contribution in [0, 0.1) is 20.8 Å². The molecule has 1 aromatic heterocycles. The third-order valence-corrected chi connectivity index (χ3v) is 4.96. The number of hydrogen-bond acceptors (Lipinski definition) is 1. The lowest BCUT2D eigenvalue weighted by Gasteiger charge is -2.09. The van der Waals surface area contributed by atoms with Crippen LogP contribution in [0.3, 0.4) is 0 Å². The van der Waals surface area contributed by atoms with E-state index in [0.717, 1.165) is 21.6 Å². The third kappa shape index (κ3) is 4.13. The minimum absolute atomic E-state index is 0. The SMILES string of the molecule is Cc1cc(C)c(C[n+]2ccn(-c3cc(Br)ccc3S)c2)c(C)c1.[Br-]. The summed E-state index contributed by atoms with van der Waals surface area (Å²) in [4.78, 5) is 0.957. The molecule has 0 aliphatic carbocycles. The molecule has 0 aliphatic heterocycles. The Morgan fingerprint density at radius 1 is 1.08 bits per heavy atom. The summed E-state index contributed by atoms with van der Waals surface area (Å²) in [5.41, 5.74) is 6.47. The van der Waals surface area contributed by atoms with Crippen LogP contribution in [-0.2, 0) is 6.54 Å². The Hall–Kier alpha value is -1.04. The zero-order valence-electron chi connectivity index (χ0n) is 13.9. The molecule has 0 fully saturated rings. The van der Waals surface area contributed by atoms with Crippen LogP contribution in [-0.4, -0.2) is 4.57 Å². The van der Waals surface area contributed by atoms with Crippen LogP contribution in [0.25, 0.3) is 5.69 Å². The van der Waals surface area contributed by atoms with E-state index in [1.54, 1.807) is 0 Å². The van der Waals surface area contributed by atoms with Crippen molar-refractivity contribution in [2.24, 2.45) is 0 Å². The Bertz CT molecular complexity index is 849. The van der Waals surface area contributed by atoms with Gasteiger partial charge in [-0.3, -0.25) is 0 Å². The predicted molar refractivity (Wildman–Crippen MR) is 101 cm³/mol. The highest BCUT2D eigenvalue weighted by Crippen LogP contribution is 2.23. The van der Waals surface area contributed by atoms with E-state index in [2.05, 4.69) is 95.4 Å². The van der Waals surface area contributed by atoms with E-state index >= 15 is 0 Å². The summed E-state index contributed by atoms with van der Waals surface area (Å²) in [6.07, 6.45) is 6.29. The third-order valence-electron chi connectivity index (χ3n) is 4.09. The van der Waals surface area contributed by atoms with Crippen LogP contribution in [0.15, 0.2) is 58.4 Å². The molecule has 0 unspecified atom stereocenters. The van der Waals surface area contributed by atoms with Gasteiger partial charge >= 0.3 is 0 Å². The van der Waals surface area contributed by atoms with Crippen molar-refractivity contribution in [2.75, 3.05) is 0 Å².